The normalized spacial score (nSPS) is 38.5. The first kappa shape index (κ1) is 27.6. The number of nitrogens with zero attached hydrogens (tertiary/aromatic N) is 1. The molecule has 0 spiro atoms. The lowest BCUT2D eigenvalue weighted by atomic mass is 9.45. The SMILES string of the molecule is CC(C)CCC[C@@H](C)[C@H]1CC[C@H]2[C@@H]3CCC4CC(OC(=O)CCC[N+](=O)[O-])=CC[C@]4(C)[C@H]3CC[C@]12C. The maximum atomic E-state index is 12.2. The Labute approximate surface area is 219 Å². The van der Waals surface area contributed by atoms with Crippen molar-refractivity contribution in [1.29, 1.82) is 0 Å². The van der Waals surface area contributed by atoms with Crippen LogP contribution in [0.1, 0.15) is 118 Å². The van der Waals surface area contributed by atoms with Gasteiger partial charge in [0.1, 0.15) is 5.76 Å². The third-order valence-electron chi connectivity index (χ3n) is 11.5. The lowest BCUT2D eigenvalue weighted by Crippen LogP contribution is -2.53. The Kier molecular flexibility index (Phi) is 8.56. The van der Waals surface area contributed by atoms with Gasteiger partial charge in [0.05, 0.1) is 6.42 Å². The van der Waals surface area contributed by atoms with Crippen LogP contribution in [0.15, 0.2) is 11.8 Å². The van der Waals surface area contributed by atoms with E-state index in [0.717, 1.165) is 54.1 Å². The van der Waals surface area contributed by atoms with Crippen LogP contribution in [0.3, 0.4) is 0 Å². The van der Waals surface area contributed by atoms with Crippen molar-refractivity contribution in [1.82, 2.24) is 0 Å². The second-order valence-corrected chi connectivity index (χ2v) is 13.9. The van der Waals surface area contributed by atoms with Gasteiger partial charge >= 0.3 is 5.97 Å². The lowest BCUT2D eigenvalue weighted by molar-refractivity contribution is -0.480. The van der Waals surface area contributed by atoms with Crippen molar-refractivity contribution in [3.8, 4) is 0 Å². The Balaban J connectivity index is 1.38. The Morgan fingerprint density at radius 2 is 1.81 bits per heavy atom. The zero-order valence-electron chi connectivity index (χ0n) is 23.6. The fourth-order valence-electron chi connectivity index (χ4n) is 9.51. The number of carbonyl (C=O) groups excluding carboxylic acids is 1. The smallest absolute Gasteiger partial charge is 0.311 e. The first-order valence-electron chi connectivity index (χ1n) is 15.1. The van der Waals surface area contributed by atoms with Gasteiger partial charge in [0.25, 0.3) is 0 Å². The van der Waals surface area contributed by atoms with E-state index in [1.165, 1.54) is 57.8 Å². The summed E-state index contributed by atoms with van der Waals surface area (Å²) in [6.45, 7) is 12.3. The van der Waals surface area contributed by atoms with Crippen LogP contribution in [0.5, 0.6) is 0 Å². The zero-order chi connectivity index (χ0) is 26.1. The van der Waals surface area contributed by atoms with Gasteiger partial charge in [-0.3, -0.25) is 14.9 Å². The van der Waals surface area contributed by atoms with Crippen LogP contribution >= 0.6 is 0 Å². The van der Waals surface area contributed by atoms with Crippen molar-refractivity contribution in [2.45, 2.75) is 118 Å². The summed E-state index contributed by atoms with van der Waals surface area (Å²) in [6, 6.07) is 0. The molecule has 4 aliphatic carbocycles. The molecule has 5 nitrogen and oxygen atoms in total. The van der Waals surface area contributed by atoms with E-state index in [-0.39, 0.29) is 30.3 Å². The number of rotatable bonds is 10. The Hall–Kier alpha value is -1.39. The first-order chi connectivity index (χ1) is 17.0. The summed E-state index contributed by atoms with van der Waals surface area (Å²) in [6.07, 6.45) is 16.8. The van der Waals surface area contributed by atoms with Crippen LogP contribution in [-0.4, -0.2) is 17.4 Å². The van der Waals surface area contributed by atoms with E-state index >= 15 is 0 Å². The van der Waals surface area contributed by atoms with Crippen molar-refractivity contribution >= 4 is 5.97 Å². The van der Waals surface area contributed by atoms with Gasteiger partial charge in [-0.2, -0.15) is 0 Å². The molecule has 0 saturated heterocycles. The third kappa shape index (κ3) is 5.55. The van der Waals surface area contributed by atoms with Gasteiger partial charge in [0.15, 0.2) is 0 Å². The number of allylic oxidation sites excluding steroid dienone is 2. The summed E-state index contributed by atoms with van der Waals surface area (Å²) in [5.74, 6) is 6.19. The molecule has 0 aliphatic heterocycles. The van der Waals surface area contributed by atoms with E-state index in [0.29, 0.717) is 16.7 Å². The molecule has 5 heteroatoms. The third-order valence-corrected chi connectivity index (χ3v) is 11.5. The summed E-state index contributed by atoms with van der Waals surface area (Å²) in [7, 11) is 0. The quantitative estimate of drug-likeness (QED) is 0.172. The van der Waals surface area contributed by atoms with Crippen LogP contribution in [-0.2, 0) is 9.53 Å². The monoisotopic (exact) mass is 501 g/mol. The van der Waals surface area contributed by atoms with E-state index in [1.807, 2.05) is 0 Å². The molecule has 0 N–H and O–H groups in total. The summed E-state index contributed by atoms with van der Waals surface area (Å²) < 4.78 is 5.68. The lowest BCUT2D eigenvalue weighted by Gasteiger charge is -2.60. The van der Waals surface area contributed by atoms with E-state index in [1.54, 1.807) is 0 Å². The van der Waals surface area contributed by atoms with Crippen LogP contribution < -0.4 is 0 Å². The minimum atomic E-state index is -0.369. The van der Waals surface area contributed by atoms with Gasteiger partial charge < -0.3 is 4.74 Å². The highest BCUT2D eigenvalue weighted by Gasteiger charge is 2.60. The molecular formula is C31H51NO4. The summed E-state index contributed by atoms with van der Waals surface area (Å²) in [5.41, 5.74) is 0.837. The highest BCUT2D eigenvalue weighted by molar-refractivity contribution is 5.70. The van der Waals surface area contributed by atoms with Crippen molar-refractivity contribution in [2.75, 3.05) is 6.54 Å². The van der Waals surface area contributed by atoms with E-state index in [2.05, 4.69) is 40.7 Å². The van der Waals surface area contributed by atoms with E-state index in [9.17, 15) is 14.9 Å². The Morgan fingerprint density at radius 3 is 2.53 bits per heavy atom. The van der Waals surface area contributed by atoms with Gasteiger partial charge in [-0.1, -0.05) is 53.9 Å². The first-order valence-corrected chi connectivity index (χ1v) is 15.1. The molecule has 8 atom stereocenters. The molecule has 0 aromatic rings. The number of esters is 1. The molecule has 36 heavy (non-hydrogen) atoms. The van der Waals surface area contributed by atoms with E-state index < -0.39 is 0 Å². The predicted octanol–water partition coefficient (Wildman–Crippen LogP) is 8.20. The molecule has 204 valence electrons. The maximum absolute atomic E-state index is 12.2. The number of hydrogen-bond donors (Lipinski definition) is 0. The standard InChI is InChI=1S/C31H51NO4/c1-21(2)8-6-9-22(3)26-13-14-27-25-12-11-23-20-24(36-29(33)10-7-19-32(34)35)15-17-30(23,4)28(25)16-18-31(26,27)5/h15,21-23,25-28H,6-14,16-20H2,1-5H3/t22-,23?,25+,26-,27+,28+,30+,31-/m1/s1. The molecule has 0 radical (unpaired) electrons. The Morgan fingerprint density at radius 1 is 1.06 bits per heavy atom. The molecule has 0 heterocycles. The van der Waals surface area contributed by atoms with Gasteiger partial charge in [0, 0.05) is 17.8 Å². The molecule has 3 fully saturated rings. The molecule has 0 aromatic carbocycles. The fraction of sp³-hybridized carbons (Fsp3) is 0.903. The van der Waals surface area contributed by atoms with Gasteiger partial charge in [-0.05, 0) is 103 Å². The number of nitro groups is 1. The van der Waals surface area contributed by atoms with E-state index in [4.69, 9.17) is 4.74 Å². The highest BCUT2D eigenvalue weighted by atomic mass is 16.6. The molecule has 0 aromatic heterocycles. The number of fused-ring (bicyclic) bond motifs is 5. The number of carbonyl (C=O) groups is 1. The predicted molar refractivity (Wildman–Crippen MR) is 144 cm³/mol. The summed E-state index contributed by atoms with van der Waals surface area (Å²) in [4.78, 5) is 22.4. The molecule has 1 unspecified atom stereocenters. The molecular weight excluding hydrogens is 450 g/mol. The van der Waals surface area contributed by atoms with Crippen molar-refractivity contribution < 1.29 is 14.5 Å². The second kappa shape index (κ2) is 11.2. The zero-order valence-corrected chi connectivity index (χ0v) is 23.6. The van der Waals surface area contributed by atoms with Crippen LogP contribution in [0.2, 0.25) is 0 Å². The van der Waals surface area contributed by atoms with Crippen molar-refractivity contribution in [3.63, 3.8) is 0 Å². The molecule has 0 amide bonds. The topological polar surface area (TPSA) is 69.4 Å². The van der Waals surface area contributed by atoms with Crippen LogP contribution in [0.4, 0.5) is 0 Å². The summed E-state index contributed by atoms with van der Waals surface area (Å²) >= 11 is 0. The average molecular weight is 502 g/mol. The molecule has 3 saturated carbocycles. The molecule has 4 aliphatic rings. The van der Waals surface area contributed by atoms with Crippen LogP contribution in [0, 0.1) is 62.4 Å². The minimum absolute atomic E-state index is 0.127. The Bertz CT molecular complexity index is 836. The second-order valence-electron chi connectivity index (χ2n) is 13.9. The summed E-state index contributed by atoms with van der Waals surface area (Å²) in [5, 5.41) is 10.5. The van der Waals surface area contributed by atoms with Gasteiger partial charge in [-0.25, -0.2) is 0 Å². The van der Waals surface area contributed by atoms with Crippen LogP contribution in [0.25, 0.3) is 0 Å². The van der Waals surface area contributed by atoms with Gasteiger partial charge in [-0.15, -0.1) is 0 Å². The van der Waals surface area contributed by atoms with Gasteiger partial charge in [0.2, 0.25) is 6.54 Å². The number of ether oxygens (including phenoxy) is 1. The minimum Gasteiger partial charge on any atom is -0.431 e. The molecule has 0 bridgehead atoms. The average Bonchev–Trinajstić information content (AvgIpc) is 3.16. The highest BCUT2D eigenvalue weighted by Crippen LogP contribution is 2.68. The van der Waals surface area contributed by atoms with Crippen molar-refractivity contribution in [3.05, 3.63) is 21.9 Å². The largest absolute Gasteiger partial charge is 0.431 e. The number of hydrogen-bond acceptors (Lipinski definition) is 4. The van der Waals surface area contributed by atoms with Crippen molar-refractivity contribution in [2.24, 2.45) is 52.3 Å². The molecule has 4 rings (SSSR count). The maximum Gasteiger partial charge on any atom is 0.311 e. The fourth-order valence-corrected chi connectivity index (χ4v) is 9.51.